The average molecular weight is 460 g/mol. The lowest BCUT2D eigenvalue weighted by Gasteiger charge is -2.11. The number of nitrogens with one attached hydrogen (secondary N) is 1. The average Bonchev–Trinajstić information content (AvgIpc) is 2.87. The van der Waals surface area contributed by atoms with Gasteiger partial charge in [0.05, 0.1) is 19.3 Å². The second kappa shape index (κ2) is 12.8. The highest BCUT2D eigenvalue weighted by molar-refractivity contribution is 6.02. The number of amides is 1. The Morgan fingerprint density at radius 1 is 0.941 bits per heavy atom. The summed E-state index contributed by atoms with van der Waals surface area (Å²) in [7, 11) is 1.57. The molecular weight excluding hydrogens is 430 g/mol. The maximum absolute atomic E-state index is 12.4. The van der Waals surface area contributed by atoms with Gasteiger partial charge in [-0.3, -0.25) is 4.79 Å². The van der Waals surface area contributed by atoms with E-state index in [1.807, 2.05) is 49.4 Å². The Bertz CT molecular complexity index is 1120. The van der Waals surface area contributed by atoms with Crippen LogP contribution in [0.1, 0.15) is 41.3 Å². The smallest absolute Gasteiger partial charge is 0.338 e. The fraction of sp³-hybridized carbons (Fsp3) is 0.214. The fourth-order valence-electron chi connectivity index (χ4n) is 3.11. The lowest BCUT2D eigenvalue weighted by atomic mass is 10.1. The molecule has 34 heavy (non-hydrogen) atoms. The minimum absolute atomic E-state index is 0.320. The summed E-state index contributed by atoms with van der Waals surface area (Å²) < 4.78 is 16.5. The van der Waals surface area contributed by atoms with E-state index in [1.165, 1.54) is 6.08 Å². The highest BCUT2D eigenvalue weighted by Crippen LogP contribution is 2.29. The number of hydrogen-bond acceptors (Lipinski definition) is 5. The third-order valence-corrected chi connectivity index (χ3v) is 4.95. The van der Waals surface area contributed by atoms with Crippen molar-refractivity contribution in [2.45, 2.75) is 26.4 Å². The van der Waals surface area contributed by atoms with Crippen LogP contribution in [0.5, 0.6) is 11.5 Å². The monoisotopic (exact) mass is 459 g/mol. The number of methoxy groups -OCH3 is 1. The predicted octanol–water partition coefficient (Wildman–Crippen LogP) is 5.88. The van der Waals surface area contributed by atoms with Gasteiger partial charge in [-0.2, -0.15) is 0 Å². The number of carbonyl (C=O) groups excluding carboxylic acids is 2. The molecule has 0 radical (unpaired) electrons. The van der Waals surface area contributed by atoms with Crippen LogP contribution in [0.4, 0.5) is 5.69 Å². The first-order chi connectivity index (χ1) is 16.6. The first-order valence-electron chi connectivity index (χ1n) is 11.2. The van der Waals surface area contributed by atoms with E-state index < -0.39 is 5.97 Å². The Labute approximate surface area is 200 Å². The van der Waals surface area contributed by atoms with Crippen LogP contribution in [0.2, 0.25) is 0 Å². The minimum atomic E-state index is -0.401. The number of benzene rings is 3. The summed E-state index contributed by atoms with van der Waals surface area (Å²) in [4.78, 5) is 24.5. The van der Waals surface area contributed by atoms with E-state index in [9.17, 15) is 9.59 Å². The van der Waals surface area contributed by atoms with Crippen LogP contribution < -0.4 is 14.8 Å². The molecule has 6 nitrogen and oxygen atoms in total. The number of carbonyl (C=O) groups is 2. The molecule has 0 unspecified atom stereocenters. The molecule has 3 aromatic carbocycles. The first-order valence-corrected chi connectivity index (χ1v) is 11.2. The van der Waals surface area contributed by atoms with Gasteiger partial charge in [0.2, 0.25) is 5.91 Å². The molecule has 0 bridgehead atoms. The van der Waals surface area contributed by atoms with Gasteiger partial charge < -0.3 is 19.5 Å². The summed E-state index contributed by atoms with van der Waals surface area (Å²) in [6.45, 7) is 2.84. The van der Waals surface area contributed by atoms with Crippen LogP contribution in [-0.4, -0.2) is 25.6 Å². The Morgan fingerprint density at radius 2 is 1.76 bits per heavy atom. The van der Waals surface area contributed by atoms with Crippen LogP contribution in [0.25, 0.3) is 6.08 Å². The Kier molecular flexibility index (Phi) is 9.29. The standard InChI is InChI=1S/C28H29NO5/c1-3-4-17-33-28(31)23-11-8-12-24(19-23)29-27(30)16-14-21-13-15-25(26(18-21)32-2)34-20-22-9-6-5-7-10-22/h5-16,18-19H,3-4,17,20H2,1-2H3,(H,29,30)/b16-14+. The van der Waals surface area contributed by atoms with Gasteiger partial charge in [-0.05, 0) is 54.0 Å². The molecule has 0 aromatic heterocycles. The summed E-state index contributed by atoms with van der Waals surface area (Å²) >= 11 is 0. The maximum atomic E-state index is 12.4. The number of rotatable bonds is 11. The second-order valence-electron chi connectivity index (χ2n) is 7.58. The molecule has 0 aliphatic heterocycles. The van der Waals surface area contributed by atoms with Gasteiger partial charge >= 0.3 is 5.97 Å². The molecule has 0 saturated heterocycles. The van der Waals surface area contributed by atoms with Crippen molar-refractivity contribution in [3.63, 3.8) is 0 Å². The van der Waals surface area contributed by atoms with Crippen molar-refractivity contribution in [1.82, 2.24) is 0 Å². The molecule has 3 aromatic rings. The molecule has 1 N–H and O–H groups in total. The molecule has 0 saturated carbocycles. The van der Waals surface area contributed by atoms with E-state index in [-0.39, 0.29) is 5.91 Å². The Morgan fingerprint density at radius 3 is 2.53 bits per heavy atom. The number of ether oxygens (including phenoxy) is 3. The fourth-order valence-corrected chi connectivity index (χ4v) is 3.11. The zero-order chi connectivity index (χ0) is 24.2. The summed E-state index contributed by atoms with van der Waals surface area (Å²) in [5.74, 6) is 0.477. The molecule has 3 rings (SSSR count). The maximum Gasteiger partial charge on any atom is 0.338 e. The van der Waals surface area contributed by atoms with Gasteiger partial charge in [0.1, 0.15) is 6.61 Å². The summed E-state index contributed by atoms with van der Waals surface area (Å²) in [5.41, 5.74) is 2.76. The normalized spacial score (nSPS) is 10.6. The van der Waals surface area contributed by atoms with Crippen LogP contribution in [0.3, 0.4) is 0 Å². The molecule has 1 amide bonds. The zero-order valence-electron chi connectivity index (χ0n) is 19.5. The molecule has 0 atom stereocenters. The van der Waals surface area contributed by atoms with Crippen molar-refractivity contribution in [2.24, 2.45) is 0 Å². The van der Waals surface area contributed by atoms with Crippen LogP contribution in [-0.2, 0) is 16.1 Å². The van der Waals surface area contributed by atoms with Crippen LogP contribution in [0, 0.1) is 0 Å². The van der Waals surface area contributed by atoms with Gasteiger partial charge in [-0.25, -0.2) is 4.79 Å². The van der Waals surface area contributed by atoms with Crippen LogP contribution in [0.15, 0.2) is 78.9 Å². The number of hydrogen-bond donors (Lipinski definition) is 1. The van der Waals surface area contributed by atoms with E-state index in [4.69, 9.17) is 14.2 Å². The van der Waals surface area contributed by atoms with Crippen molar-refractivity contribution in [1.29, 1.82) is 0 Å². The third kappa shape index (κ3) is 7.52. The van der Waals surface area contributed by atoms with Gasteiger partial charge in [0.15, 0.2) is 11.5 Å². The van der Waals surface area contributed by atoms with E-state index in [0.717, 1.165) is 24.0 Å². The molecule has 6 heteroatoms. The van der Waals surface area contributed by atoms with Gasteiger partial charge in [0, 0.05) is 11.8 Å². The molecule has 0 spiro atoms. The Hall–Kier alpha value is -4.06. The van der Waals surface area contributed by atoms with Gasteiger partial charge in [-0.15, -0.1) is 0 Å². The van der Waals surface area contributed by atoms with Crippen molar-refractivity contribution in [3.05, 3.63) is 95.6 Å². The largest absolute Gasteiger partial charge is 0.493 e. The summed E-state index contributed by atoms with van der Waals surface area (Å²) in [6, 6.07) is 22.0. The minimum Gasteiger partial charge on any atom is -0.493 e. The predicted molar refractivity (Wildman–Crippen MR) is 133 cm³/mol. The van der Waals surface area contributed by atoms with Crippen molar-refractivity contribution in [2.75, 3.05) is 19.0 Å². The Balaban J connectivity index is 1.59. The number of unbranched alkanes of at least 4 members (excludes halogenated alkanes) is 1. The second-order valence-corrected chi connectivity index (χ2v) is 7.58. The SMILES string of the molecule is CCCCOC(=O)c1cccc(NC(=O)/C=C/c2ccc(OCc3ccccc3)c(OC)c2)c1. The first kappa shape index (κ1) is 24.6. The van der Waals surface area contributed by atoms with Crippen molar-refractivity contribution >= 4 is 23.6 Å². The molecule has 176 valence electrons. The zero-order valence-corrected chi connectivity index (χ0v) is 19.5. The highest BCUT2D eigenvalue weighted by atomic mass is 16.5. The van der Waals surface area contributed by atoms with Crippen molar-refractivity contribution < 1.29 is 23.8 Å². The topological polar surface area (TPSA) is 73.9 Å². The van der Waals surface area contributed by atoms with E-state index >= 15 is 0 Å². The van der Waals surface area contributed by atoms with E-state index in [1.54, 1.807) is 43.5 Å². The summed E-state index contributed by atoms with van der Waals surface area (Å²) in [5, 5.41) is 2.76. The van der Waals surface area contributed by atoms with Crippen LogP contribution >= 0.6 is 0 Å². The van der Waals surface area contributed by atoms with E-state index in [2.05, 4.69) is 5.32 Å². The highest BCUT2D eigenvalue weighted by Gasteiger charge is 2.09. The molecular formula is C28H29NO5. The van der Waals surface area contributed by atoms with Gasteiger partial charge in [-0.1, -0.05) is 55.8 Å². The number of anilines is 1. The van der Waals surface area contributed by atoms with Crippen molar-refractivity contribution in [3.8, 4) is 11.5 Å². The molecule has 0 aliphatic rings. The quantitative estimate of drug-likeness (QED) is 0.220. The third-order valence-electron chi connectivity index (χ3n) is 4.95. The lowest BCUT2D eigenvalue weighted by molar-refractivity contribution is -0.111. The van der Waals surface area contributed by atoms with E-state index in [0.29, 0.717) is 36.0 Å². The molecule has 0 fully saturated rings. The van der Waals surface area contributed by atoms with Gasteiger partial charge in [0.25, 0.3) is 0 Å². The number of esters is 1. The summed E-state index contributed by atoms with van der Waals surface area (Å²) in [6.07, 6.45) is 4.87. The lowest BCUT2D eigenvalue weighted by Crippen LogP contribution is -2.10. The molecule has 0 aliphatic carbocycles. The molecule has 0 heterocycles.